The number of carbonyl (C=O) groups is 1. The van der Waals surface area contributed by atoms with Gasteiger partial charge >= 0.3 is 0 Å². The van der Waals surface area contributed by atoms with E-state index in [-0.39, 0.29) is 5.91 Å². The first-order chi connectivity index (χ1) is 12.4. The molecule has 0 bridgehead atoms. The highest BCUT2D eigenvalue weighted by molar-refractivity contribution is 7.80. The van der Waals surface area contributed by atoms with Crippen LogP contribution in [-0.4, -0.2) is 47.6 Å². The average molecular weight is 376 g/mol. The van der Waals surface area contributed by atoms with Crippen LogP contribution in [0.5, 0.6) is 0 Å². The quantitative estimate of drug-likeness (QED) is 0.699. The average Bonchev–Trinajstić information content (AvgIpc) is 2.65. The van der Waals surface area contributed by atoms with E-state index in [0.717, 1.165) is 49.8 Å². The van der Waals surface area contributed by atoms with Crippen LogP contribution in [-0.2, 0) is 4.79 Å². The molecule has 1 aromatic carbocycles. The van der Waals surface area contributed by atoms with Crippen molar-refractivity contribution >= 4 is 28.9 Å². The highest BCUT2D eigenvalue weighted by atomic mass is 32.1. The van der Waals surface area contributed by atoms with E-state index in [0.29, 0.717) is 0 Å². The van der Waals surface area contributed by atoms with E-state index in [2.05, 4.69) is 42.3 Å². The fourth-order valence-corrected chi connectivity index (χ4v) is 4.68. The highest BCUT2D eigenvalue weighted by Gasteiger charge is 2.49. The summed E-state index contributed by atoms with van der Waals surface area (Å²) in [7, 11) is 0. The predicted molar refractivity (Wildman–Crippen MR) is 109 cm³/mol. The molecule has 2 saturated heterocycles. The largest absolute Gasteiger partial charge is 0.364 e. The van der Waals surface area contributed by atoms with Crippen molar-refractivity contribution in [1.29, 1.82) is 0 Å². The van der Waals surface area contributed by atoms with E-state index in [4.69, 9.17) is 18.0 Å². The Labute approximate surface area is 161 Å². The molecule has 0 unspecified atom stereocenters. The van der Waals surface area contributed by atoms with E-state index in [9.17, 15) is 4.79 Å². The lowest BCUT2D eigenvalue weighted by molar-refractivity contribution is -0.948. The smallest absolute Gasteiger partial charge is 0.278 e. The number of anilines is 1. The zero-order chi connectivity index (χ0) is 18.7. The number of primary amides is 1. The Morgan fingerprint density at radius 2 is 1.85 bits per heavy atom. The van der Waals surface area contributed by atoms with E-state index in [1.807, 2.05) is 0 Å². The Morgan fingerprint density at radius 3 is 2.46 bits per heavy atom. The molecule has 4 N–H and O–H groups in total. The maximum Gasteiger partial charge on any atom is 0.278 e. The molecule has 142 valence electrons. The van der Waals surface area contributed by atoms with Crippen molar-refractivity contribution in [3.05, 3.63) is 29.3 Å². The summed E-state index contributed by atoms with van der Waals surface area (Å²) in [4.78, 5) is 15.9. The molecule has 0 saturated carbocycles. The number of hydrogen-bond donors (Lipinski definition) is 3. The predicted octanol–water partition coefficient (Wildman–Crippen LogP) is 1.39. The van der Waals surface area contributed by atoms with Crippen LogP contribution in [0.25, 0.3) is 0 Å². The molecule has 2 fully saturated rings. The Hall–Kier alpha value is -1.66. The summed E-state index contributed by atoms with van der Waals surface area (Å²) in [6, 6.07) is 6.33. The lowest BCUT2D eigenvalue weighted by Crippen LogP contribution is -3.22. The summed E-state index contributed by atoms with van der Waals surface area (Å²) >= 11 is 5.65. The van der Waals surface area contributed by atoms with Crippen LogP contribution in [0, 0.1) is 13.8 Å². The minimum Gasteiger partial charge on any atom is -0.364 e. The van der Waals surface area contributed by atoms with Crippen molar-refractivity contribution in [2.75, 3.05) is 31.5 Å². The van der Waals surface area contributed by atoms with Gasteiger partial charge in [0.15, 0.2) is 10.7 Å². The van der Waals surface area contributed by atoms with Gasteiger partial charge in [-0.25, -0.2) is 0 Å². The summed E-state index contributed by atoms with van der Waals surface area (Å²) in [5.74, 6) is -0.137. The van der Waals surface area contributed by atoms with Gasteiger partial charge < -0.3 is 20.9 Å². The number of thiocarbonyl (C=S) groups is 1. The van der Waals surface area contributed by atoms with Crippen LogP contribution in [0.4, 0.5) is 5.69 Å². The van der Waals surface area contributed by atoms with E-state index in [1.54, 1.807) is 0 Å². The third-order valence-corrected chi connectivity index (χ3v) is 6.50. The SMILES string of the molecule is Cc1ccc(C)c(NC(=S)N2CCC(C(N)=O)([NH+]3CCCCC3)CC2)c1. The zero-order valence-electron chi connectivity index (χ0n) is 15.9. The summed E-state index contributed by atoms with van der Waals surface area (Å²) in [6.45, 7) is 7.85. The second-order valence-corrected chi connectivity index (χ2v) is 8.23. The van der Waals surface area contributed by atoms with Gasteiger partial charge in [0.25, 0.3) is 5.91 Å². The lowest BCUT2D eigenvalue weighted by Gasteiger charge is -2.45. The third-order valence-electron chi connectivity index (χ3n) is 6.14. The van der Waals surface area contributed by atoms with Crippen molar-refractivity contribution < 1.29 is 9.69 Å². The van der Waals surface area contributed by atoms with Gasteiger partial charge in [-0.2, -0.15) is 0 Å². The standard InChI is InChI=1S/C20H30N4OS/c1-15-6-7-16(2)17(14-15)22-19(26)23-12-8-20(9-13-23,18(21)25)24-10-4-3-5-11-24/h6-7,14H,3-5,8-13H2,1-2H3,(H2,21,25)(H,22,26)/p+1. The summed E-state index contributed by atoms with van der Waals surface area (Å²) in [5.41, 5.74) is 8.92. The molecule has 0 radical (unpaired) electrons. The number of carbonyl (C=O) groups excluding carboxylic acids is 1. The molecule has 3 rings (SSSR count). The molecule has 0 aromatic heterocycles. The number of piperidine rings is 2. The molecule has 5 nitrogen and oxygen atoms in total. The summed E-state index contributed by atoms with van der Waals surface area (Å²) in [5, 5.41) is 4.13. The molecular weight excluding hydrogens is 344 g/mol. The van der Waals surface area contributed by atoms with Crippen molar-refractivity contribution in [1.82, 2.24) is 4.90 Å². The number of benzene rings is 1. The summed E-state index contributed by atoms with van der Waals surface area (Å²) < 4.78 is 0. The van der Waals surface area contributed by atoms with Crippen molar-refractivity contribution in [3.8, 4) is 0 Å². The zero-order valence-corrected chi connectivity index (χ0v) is 16.8. The first-order valence-electron chi connectivity index (χ1n) is 9.71. The van der Waals surface area contributed by atoms with Crippen molar-refractivity contribution in [3.63, 3.8) is 0 Å². The molecule has 0 atom stereocenters. The van der Waals surface area contributed by atoms with Crippen LogP contribution >= 0.6 is 12.2 Å². The van der Waals surface area contributed by atoms with Gasteiger partial charge in [0, 0.05) is 31.6 Å². The van der Waals surface area contributed by atoms with Gasteiger partial charge in [-0.3, -0.25) is 4.79 Å². The number of amides is 1. The van der Waals surface area contributed by atoms with E-state index >= 15 is 0 Å². The second kappa shape index (κ2) is 7.92. The Balaban J connectivity index is 1.65. The Bertz CT molecular complexity index is 676. The topological polar surface area (TPSA) is 62.8 Å². The van der Waals surface area contributed by atoms with Gasteiger partial charge in [0.05, 0.1) is 13.1 Å². The molecule has 1 aromatic rings. The maximum atomic E-state index is 12.4. The minimum absolute atomic E-state index is 0.137. The van der Waals surface area contributed by atoms with Gasteiger partial charge in [-0.15, -0.1) is 0 Å². The number of rotatable bonds is 3. The van der Waals surface area contributed by atoms with Crippen LogP contribution < -0.4 is 16.0 Å². The molecule has 1 amide bonds. The van der Waals surface area contributed by atoms with Crippen LogP contribution in [0.15, 0.2) is 18.2 Å². The number of nitrogens with zero attached hydrogens (tertiary/aromatic N) is 1. The monoisotopic (exact) mass is 375 g/mol. The molecule has 2 aliphatic rings. The van der Waals surface area contributed by atoms with Gasteiger partial charge in [-0.05, 0) is 62.5 Å². The Morgan fingerprint density at radius 1 is 1.19 bits per heavy atom. The highest BCUT2D eigenvalue weighted by Crippen LogP contribution is 2.23. The van der Waals surface area contributed by atoms with Gasteiger partial charge in [-0.1, -0.05) is 12.1 Å². The Kier molecular flexibility index (Phi) is 5.82. The van der Waals surface area contributed by atoms with Crippen molar-refractivity contribution in [2.45, 2.75) is 51.5 Å². The first-order valence-corrected chi connectivity index (χ1v) is 10.1. The number of likely N-dealkylation sites (tertiary alicyclic amines) is 2. The van der Waals surface area contributed by atoms with E-state index in [1.165, 1.54) is 35.3 Å². The molecule has 6 heteroatoms. The van der Waals surface area contributed by atoms with Crippen LogP contribution in [0.1, 0.15) is 43.2 Å². The number of hydrogen-bond acceptors (Lipinski definition) is 2. The second-order valence-electron chi connectivity index (χ2n) is 7.85. The number of quaternary nitrogens is 1. The lowest BCUT2D eigenvalue weighted by atomic mass is 9.83. The van der Waals surface area contributed by atoms with Crippen molar-refractivity contribution in [2.24, 2.45) is 5.73 Å². The maximum absolute atomic E-state index is 12.4. The molecule has 0 spiro atoms. The molecule has 2 heterocycles. The first kappa shape index (κ1) is 19.1. The van der Waals surface area contributed by atoms with E-state index < -0.39 is 5.54 Å². The molecular formula is C20H31N4OS+. The molecule has 0 aliphatic carbocycles. The van der Waals surface area contributed by atoms with Crippen LogP contribution in [0.2, 0.25) is 0 Å². The number of nitrogens with one attached hydrogen (secondary N) is 2. The fraction of sp³-hybridized carbons (Fsp3) is 0.600. The van der Waals surface area contributed by atoms with Crippen LogP contribution in [0.3, 0.4) is 0 Å². The van der Waals surface area contributed by atoms with Gasteiger partial charge in [0.2, 0.25) is 0 Å². The van der Waals surface area contributed by atoms with Gasteiger partial charge in [0.1, 0.15) is 0 Å². The number of nitrogens with two attached hydrogens (primary N) is 1. The summed E-state index contributed by atoms with van der Waals surface area (Å²) in [6.07, 6.45) is 5.23. The molecule has 26 heavy (non-hydrogen) atoms. The minimum atomic E-state index is -0.411. The normalized spacial score (nSPS) is 20.6. The number of aryl methyl sites for hydroxylation is 2. The fourth-order valence-electron chi connectivity index (χ4n) is 4.39. The molecule has 2 aliphatic heterocycles. The third kappa shape index (κ3) is 3.86.